The summed E-state index contributed by atoms with van der Waals surface area (Å²) in [6.45, 7) is 2.64. The van der Waals surface area contributed by atoms with Gasteiger partial charge in [0.1, 0.15) is 5.75 Å². The van der Waals surface area contributed by atoms with Gasteiger partial charge >= 0.3 is 0 Å². The van der Waals surface area contributed by atoms with E-state index in [9.17, 15) is 0 Å². The van der Waals surface area contributed by atoms with Crippen LogP contribution in [0.5, 0.6) is 5.75 Å². The molecule has 1 heterocycles. The number of aromatic amines is 1. The fourth-order valence-electron chi connectivity index (χ4n) is 3.22. The number of hydrogen-bond acceptors (Lipinski definition) is 2. The van der Waals surface area contributed by atoms with Gasteiger partial charge in [-0.25, -0.2) is 0 Å². The number of aromatic nitrogens is 2. The summed E-state index contributed by atoms with van der Waals surface area (Å²) in [5.41, 5.74) is 5.26. The van der Waals surface area contributed by atoms with Crippen LogP contribution in [0.25, 0.3) is 28.2 Å². The topological polar surface area (TPSA) is 29.9 Å². The Labute approximate surface area is 163 Å². The Bertz CT molecular complexity index is 1080. The SMILES string of the molecule is CCOc1ccc(-c2[nH]c(=S)n(-c3ccccc3)c2-c2ccccc2)cc1. The normalized spacial score (nSPS) is 10.7. The van der Waals surface area contributed by atoms with Crippen molar-refractivity contribution in [1.82, 2.24) is 9.55 Å². The Morgan fingerprint density at radius 3 is 2.07 bits per heavy atom. The molecule has 0 atom stereocenters. The molecule has 4 heteroatoms. The molecule has 27 heavy (non-hydrogen) atoms. The van der Waals surface area contributed by atoms with Gasteiger partial charge in [-0.1, -0.05) is 48.5 Å². The highest BCUT2D eigenvalue weighted by molar-refractivity contribution is 7.71. The summed E-state index contributed by atoms with van der Waals surface area (Å²) in [6.07, 6.45) is 0. The van der Waals surface area contributed by atoms with E-state index in [0.717, 1.165) is 34.0 Å². The number of benzene rings is 3. The predicted octanol–water partition coefficient (Wildman–Crippen LogP) is 6.27. The second kappa shape index (κ2) is 7.64. The number of H-pyrrole nitrogens is 1. The Morgan fingerprint density at radius 1 is 0.815 bits per heavy atom. The molecular weight excluding hydrogens is 352 g/mol. The average Bonchev–Trinajstić information content (AvgIpc) is 3.07. The number of imidazole rings is 1. The van der Waals surface area contributed by atoms with Crippen LogP contribution in [0.2, 0.25) is 0 Å². The molecule has 0 bridgehead atoms. The molecule has 1 N–H and O–H groups in total. The molecule has 3 nitrogen and oxygen atoms in total. The van der Waals surface area contributed by atoms with Crippen molar-refractivity contribution in [3.05, 3.63) is 89.7 Å². The average molecular weight is 372 g/mol. The Kier molecular flexibility index (Phi) is 4.90. The van der Waals surface area contributed by atoms with E-state index in [0.29, 0.717) is 11.4 Å². The number of para-hydroxylation sites is 1. The van der Waals surface area contributed by atoms with Crippen molar-refractivity contribution in [3.63, 3.8) is 0 Å². The van der Waals surface area contributed by atoms with Gasteiger partial charge in [-0.05, 0) is 55.5 Å². The predicted molar refractivity (Wildman–Crippen MR) is 113 cm³/mol. The van der Waals surface area contributed by atoms with Crippen molar-refractivity contribution in [3.8, 4) is 34.0 Å². The summed E-state index contributed by atoms with van der Waals surface area (Å²) < 4.78 is 8.34. The second-order valence-corrected chi connectivity index (χ2v) is 6.53. The fraction of sp³-hybridized carbons (Fsp3) is 0.0870. The number of nitrogens with one attached hydrogen (secondary N) is 1. The molecular formula is C23H20N2OS. The standard InChI is InChI=1S/C23H20N2OS/c1-2-26-20-15-13-17(14-16-20)21-22(18-9-5-3-6-10-18)25(23(27)24-21)19-11-7-4-8-12-19/h3-16H,2H2,1H3,(H,24,27). The van der Waals surface area contributed by atoms with Gasteiger partial charge in [-0.15, -0.1) is 0 Å². The van der Waals surface area contributed by atoms with E-state index in [1.165, 1.54) is 0 Å². The molecule has 4 rings (SSSR count). The molecule has 0 aliphatic carbocycles. The molecule has 1 aromatic heterocycles. The van der Waals surface area contributed by atoms with E-state index in [-0.39, 0.29) is 0 Å². The van der Waals surface area contributed by atoms with E-state index in [2.05, 4.69) is 45.9 Å². The van der Waals surface area contributed by atoms with E-state index in [4.69, 9.17) is 17.0 Å². The lowest BCUT2D eigenvalue weighted by atomic mass is 10.0. The number of ether oxygens (including phenoxy) is 1. The smallest absolute Gasteiger partial charge is 0.182 e. The maximum absolute atomic E-state index is 5.69. The lowest BCUT2D eigenvalue weighted by molar-refractivity contribution is 0.340. The maximum Gasteiger partial charge on any atom is 0.182 e. The Morgan fingerprint density at radius 2 is 1.44 bits per heavy atom. The highest BCUT2D eigenvalue weighted by atomic mass is 32.1. The molecule has 0 fully saturated rings. The van der Waals surface area contributed by atoms with Crippen molar-refractivity contribution < 1.29 is 4.74 Å². The molecule has 0 saturated carbocycles. The van der Waals surface area contributed by atoms with Crippen LogP contribution in [0.3, 0.4) is 0 Å². The first-order valence-electron chi connectivity index (χ1n) is 8.97. The van der Waals surface area contributed by atoms with Crippen molar-refractivity contribution in [1.29, 1.82) is 0 Å². The van der Waals surface area contributed by atoms with E-state index < -0.39 is 0 Å². The number of rotatable bonds is 5. The van der Waals surface area contributed by atoms with Crippen LogP contribution in [-0.2, 0) is 0 Å². The maximum atomic E-state index is 5.69. The van der Waals surface area contributed by atoms with Gasteiger partial charge in [-0.3, -0.25) is 4.57 Å². The van der Waals surface area contributed by atoms with Crippen LogP contribution in [0.4, 0.5) is 0 Å². The van der Waals surface area contributed by atoms with Crippen LogP contribution in [0, 0.1) is 4.77 Å². The van der Waals surface area contributed by atoms with Crippen LogP contribution >= 0.6 is 12.2 Å². The van der Waals surface area contributed by atoms with Gasteiger partial charge < -0.3 is 9.72 Å². The summed E-state index contributed by atoms with van der Waals surface area (Å²) in [6, 6.07) is 28.6. The van der Waals surface area contributed by atoms with Crippen molar-refractivity contribution >= 4 is 12.2 Å². The Hall–Kier alpha value is -3.11. The quantitative estimate of drug-likeness (QED) is 0.419. The van der Waals surface area contributed by atoms with Crippen LogP contribution in [0.15, 0.2) is 84.9 Å². The highest BCUT2D eigenvalue weighted by Crippen LogP contribution is 2.34. The molecule has 0 radical (unpaired) electrons. The third kappa shape index (κ3) is 3.44. The fourth-order valence-corrected chi connectivity index (χ4v) is 3.52. The Balaban J connectivity index is 1.94. The summed E-state index contributed by atoms with van der Waals surface area (Å²) in [5.74, 6) is 0.864. The summed E-state index contributed by atoms with van der Waals surface area (Å²) in [5, 5.41) is 0. The molecule has 0 aliphatic rings. The van der Waals surface area contributed by atoms with Gasteiger partial charge in [0.15, 0.2) is 4.77 Å². The summed E-state index contributed by atoms with van der Waals surface area (Å²) >= 11 is 5.69. The first kappa shape index (κ1) is 17.3. The van der Waals surface area contributed by atoms with E-state index in [1.807, 2.05) is 55.5 Å². The zero-order chi connectivity index (χ0) is 18.6. The molecule has 4 aromatic rings. The van der Waals surface area contributed by atoms with Crippen LogP contribution < -0.4 is 4.74 Å². The van der Waals surface area contributed by atoms with Gasteiger partial charge in [0.25, 0.3) is 0 Å². The highest BCUT2D eigenvalue weighted by Gasteiger charge is 2.17. The van der Waals surface area contributed by atoms with E-state index in [1.54, 1.807) is 0 Å². The number of nitrogens with zero attached hydrogens (tertiary/aromatic N) is 1. The molecule has 0 saturated heterocycles. The van der Waals surface area contributed by atoms with Crippen molar-refractivity contribution in [2.24, 2.45) is 0 Å². The molecule has 0 aliphatic heterocycles. The first-order chi connectivity index (χ1) is 13.3. The van der Waals surface area contributed by atoms with Crippen LogP contribution in [0.1, 0.15) is 6.92 Å². The monoisotopic (exact) mass is 372 g/mol. The van der Waals surface area contributed by atoms with Gasteiger partial charge in [0.2, 0.25) is 0 Å². The second-order valence-electron chi connectivity index (χ2n) is 6.15. The molecule has 134 valence electrons. The van der Waals surface area contributed by atoms with Crippen molar-refractivity contribution in [2.45, 2.75) is 6.92 Å². The zero-order valence-electron chi connectivity index (χ0n) is 15.1. The third-order valence-electron chi connectivity index (χ3n) is 4.41. The van der Waals surface area contributed by atoms with E-state index >= 15 is 0 Å². The largest absolute Gasteiger partial charge is 0.494 e. The van der Waals surface area contributed by atoms with Gasteiger partial charge in [-0.2, -0.15) is 0 Å². The number of hydrogen-bond donors (Lipinski definition) is 1. The summed E-state index contributed by atoms with van der Waals surface area (Å²) in [7, 11) is 0. The minimum Gasteiger partial charge on any atom is -0.494 e. The third-order valence-corrected chi connectivity index (χ3v) is 4.70. The van der Waals surface area contributed by atoms with Gasteiger partial charge in [0.05, 0.1) is 18.0 Å². The van der Waals surface area contributed by atoms with Crippen molar-refractivity contribution in [2.75, 3.05) is 6.61 Å². The van der Waals surface area contributed by atoms with Crippen LogP contribution in [-0.4, -0.2) is 16.2 Å². The minimum absolute atomic E-state index is 0.654. The molecule has 0 unspecified atom stereocenters. The van der Waals surface area contributed by atoms with Gasteiger partial charge in [0, 0.05) is 16.8 Å². The zero-order valence-corrected chi connectivity index (χ0v) is 15.9. The lowest BCUT2D eigenvalue weighted by Gasteiger charge is -2.11. The lowest BCUT2D eigenvalue weighted by Crippen LogP contribution is -1.97. The summed E-state index contributed by atoms with van der Waals surface area (Å²) in [4.78, 5) is 3.41. The first-order valence-corrected chi connectivity index (χ1v) is 9.38. The molecule has 0 spiro atoms. The minimum atomic E-state index is 0.654. The molecule has 3 aromatic carbocycles. The molecule has 0 amide bonds.